The van der Waals surface area contributed by atoms with Crippen molar-refractivity contribution in [3.63, 3.8) is 0 Å². The second-order valence-corrected chi connectivity index (χ2v) is 13.5. The standard InChI is InChI=1S/C34H41F2N5O3/c1-34(2)18-28-30(24-10-7-22(35)17-27(24)41(28)29(42)19-34)21-15-25(36)31(32(37)43)26(16-21)39-23-8-5-20(6-9-23)33(44)38-11-14-40-12-3-4-13-40/h7,10,15-17,20,23,39H,3-6,8-9,11-14,18-19H2,1-2H3,(H2,37,43)(H,38,44)/t20-,23-. The Morgan fingerprint density at radius 2 is 1.75 bits per heavy atom. The van der Waals surface area contributed by atoms with E-state index < -0.39 is 17.5 Å². The number of primary amides is 1. The van der Waals surface area contributed by atoms with Gasteiger partial charge in [0.15, 0.2) is 0 Å². The number of carbonyl (C=O) groups is 3. The number of benzene rings is 2. The fraction of sp³-hybridized carbons (Fsp3) is 0.500. The highest BCUT2D eigenvalue weighted by molar-refractivity contribution is 6.06. The Bertz CT molecular complexity index is 1620. The Balaban J connectivity index is 1.25. The van der Waals surface area contributed by atoms with E-state index in [1.807, 2.05) is 13.8 Å². The van der Waals surface area contributed by atoms with E-state index >= 15 is 4.39 Å². The van der Waals surface area contributed by atoms with E-state index in [1.165, 1.54) is 31.0 Å². The number of hydrogen-bond donors (Lipinski definition) is 3. The molecule has 0 atom stereocenters. The average Bonchev–Trinajstić information content (AvgIpc) is 3.58. The number of fused-ring (bicyclic) bond motifs is 3. The van der Waals surface area contributed by atoms with Crippen LogP contribution in [0.5, 0.6) is 0 Å². The molecule has 8 nitrogen and oxygen atoms in total. The van der Waals surface area contributed by atoms with Gasteiger partial charge in [0.1, 0.15) is 11.6 Å². The van der Waals surface area contributed by atoms with Crippen molar-refractivity contribution in [2.75, 3.05) is 31.5 Å². The van der Waals surface area contributed by atoms with Gasteiger partial charge in [-0.05, 0) is 99.3 Å². The molecular weight excluding hydrogens is 564 g/mol. The van der Waals surface area contributed by atoms with Gasteiger partial charge in [-0.15, -0.1) is 0 Å². The molecular formula is C34H41F2N5O3. The smallest absolute Gasteiger partial charge is 0.253 e. The van der Waals surface area contributed by atoms with Crippen LogP contribution in [0, 0.1) is 23.0 Å². The molecule has 0 bridgehead atoms. The molecule has 234 valence electrons. The molecule has 3 aromatic rings. The van der Waals surface area contributed by atoms with Gasteiger partial charge in [0, 0.05) is 48.1 Å². The summed E-state index contributed by atoms with van der Waals surface area (Å²) in [6.07, 6.45) is 6.01. The monoisotopic (exact) mass is 605 g/mol. The zero-order valence-electron chi connectivity index (χ0n) is 25.5. The van der Waals surface area contributed by atoms with Crippen molar-refractivity contribution in [3.8, 4) is 11.1 Å². The molecule has 1 aromatic heterocycles. The van der Waals surface area contributed by atoms with E-state index in [9.17, 15) is 18.8 Å². The van der Waals surface area contributed by atoms with Crippen molar-refractivity contribution in [2.45, 2.75) is 71.3 Å². The molecule has 1 aliphatic carbocycles. The summed E-state index contributed by atoms with van der Waals surface area (Å²) < 4.78 is 31.6. The molecule has 0 radical (unpaired) electrons. The minimum Gasteiger partial charge on any atom is -0.382 e. The van der Waals surface area contributed by atoms with Gasteiger partial charge in [0.05, 0.1) is 16.8 Å². The van der Waals surface area contributed by atoms with Crippen molar-refractivity contribution >= 4 is 34.3 Å². The normalized spacial score (nSPS) is 21.8. The maximum absolute atomic E-state index is 15.7. The molecule has 1 saturated heterocycles. The number of aromatic nitrogens is 1. The van der Waals surface area contributed by atoms with Crippen LogP contribution in [-0.4, -0.2) is 59.4 Å². The highest BCUT2D eigenvalue weighted by Crippen LogP contribution is 2.44. The van der Waals surface area contributed by atoms with Crippen LogP contribution in [0.15, 0.2) is 30.3 Å². The predicted molar refractivity (Wildman–Crippen MR) is 167 cm³/mol. The summed E-state index contributed by atoms with van der Waals surface area (Å²) in [5.41, 5.74) is 7.64. The lowest BCUT2D eigenvalue weighted by Gasteiger charge is -2.31. The third-order valence-electron chi connectivity index (χ3n) is 9.56. The first-order valence-corrected chi connectivity index (χ1v) is 15.8. The van der Waals surface area contributed by atoms with Gasteiger partial charge in [-0.1, -0.05) is 13.8 Å². The van der Waals surface area contributed by atoms with Crippen molar-refractivity contribution < 1.29 is 23.2 Å². The number of amides is 2. The van der Waals surface area contributed by atoms with E-state index in [2.05, 4.69) is 15.5 Å². The lowest BCUT2D eigenvalue weighted by Crippen LogP contribution is -2.39. The molecule has 44 heavy (non-hydrogen) atoms. The Labute approximate surface area is 256 Å². The van der Waals surface area contributed by atoms with Gasteiger partial charge in [-0.2, -0.15) is 0 Å². The zero-order chi connectivity index (χ0) is 31.2. The van der Waals surface area contributed by atoms with Crippen molar-refractivity contribution in [2.24, 2.45) is 17.1 Å². The number of likely N-dealkylation sites (tertiary alicyclic amines) is 1. The van der Waals surface area contributed by atoms with E-state index in [-0.39, 0.29) is 40.4 Å². The molecule has 0 unspecified atom stereocenters. The summed E-state index contributed by atoms with van der Waals surface area (Å²) in [5, 5.41) is 7.09. The second kappa shape index (κ2) is 12.0. The average molecular weight is 606 g/mol. The third-order valence-corrected chi connectivity index (χ3v) is 9.56. The number of nitrogens with two attached hydrogens (primary N) is 1. The van der Waals surface area contributed by atoms with E-state index in [1.54, 1.807) is 16.7 Å². The maximum atomic E-state index is 15.7. The minimum absolute atomic E-state index is 0.0766. The number of nitrogens with zero attached hydrogens (tertiary/aromatic N) is 2. The maximum Gasteiger partial charge on any atom is 0.253 e. The first-order chi connectivity index (χ1) is 21.0. The van der Waals surface area contributed by atoms with Crippen LogP contribution >= 0.6 is 0 Å². The molecule has 0 spiro atoms. The van der Waals surface area contributed by atoms with Gasteiger partial charge < -0.3 is 21.3 Å². The lowest BCUT2D eigenvalue weighted by molar-refractivity contribution is -0.126. The summed E-state index contributed by atoms with van der Waals surface area (Å²) >= 11 is 0. The minimum atomic E-state index is -0.884. The van der Waals surface area contributed by atoms with Gasteiger partial charge in [0.25, 0.3) is 5.91 Å². The first kappa shape index (κ1) is 30.2. The van der Waals surface area contributed by atoms with Gasteiger partial charge in [-0.25, -0.2) is 8.78 Å². The highest BCUT2D eigenvalue weighted by Gasteiger charge is 2.36. The largest absolute Gasteiger partial charge is 0.382 e. The second-order valence-electron chi connectivity index (χ2n) is 13.5. The number of rotatable bonds is 8. The quantitative estimate of drug-likeness (QED) is 0.315. The molecule has 1 saturated carbocycles. The topological polar surface area (TPSA) is 109 Å². The molecule has 10 heteroatoms. The number of anilines is 1. The number of halogens is 2. The number of nitrogens with one attached hydrogen (secondary N) is 2. The lowest BCUT2D eigenvalue weighted by atomic mass is 9.80. The Morgan fingerprint density at radius 3 is 2.45 bits per heavy atom. The third kappa shape index (κ3) is 5.96. The molecule has 2 aromatic carbocycles. The SMILES string of the molecule is CC1(C)CC(=O)n2c(c(-c3cc(F)c(C(N)=O)c(N[C@H]4CC[C@H](C(=O)NCCN5CCCC5)CC4)c3)c3ccc(F)cc32)C1. The van der Waals surface area contributed by atoms with E-state index in [4.69, 9.17) is 5.73 Å². The molecule has 2 amide bonds. The zero-order valence-corrected chi connectivity index (χ0v) is 25.5. The predicted octanol–water partition coefficient (Wildman–Crippen LogP) is 5.48. The molecule has 2 fully saturated rings. The molecule has 3 heterocycles. The van der Waals surface area contributed by atoms with Crippen LogP contribution < -0.4 is 16.4 Å². The molecule has 3 aliphatic rings. The fourth-order valence-corrected chi connectivity index (χ4v) is 7.42. The summed E-state index contributed by atoms with van der Waals surface area (Å²) in [7, 11) is 0. The molecule has 6 rings (SSSR count). The van der Waals surface area contributed by atoms with E-state index in [0.717, 1.165) is 19.6 Å². The van der Waals surface area contributed by atoms with Crippen LogP contribution in [0.4, 0.5) is 14.5 Å². The molecule has 4 N–H and O–H groups in total. The van der Waals surface area contributed by atoms with Crippen molar-refractivity contribution in [3.05, 3.63) is 53.2 Å². The Morgan fingerprint density at radius 1 is 1.02 bits per heavy atom. The van der Waals surface area contributed by atoms with Crippen LogP contribution in [0.2, 0.25) is 0 Å². The Kier molecular flexibility index (Phi) is 8.22. The Hall–Kier alpha value is -3.79. The summed E-state index contributed by atoms with van der Waals surface area (Å²) in [4.78, 5) is 40.9. The number of hydrogen-bond acceptors (Lipinski definition) is 5. The van der Waals surface area contributed by atoms with Crippen LogP contribution in [0.25, 0.3) is 22.0 Å². The first-order valence-electron chi connectivity index (χ1n) is 15.8. The van der Waals surface area contributed by atoms with Crippen LogP contribution in [0.3, 0.4) is 0 Å². The summed E-state index contributed by atoms with van der Waals surface area (Å²) in [5.74, 6) is -2.25. The molecule has 2 aliphatic heterocycles. The summed E-state index contributed by atoms with van der Waals surface area (Å²) in [6.45, 7) is 7.73. The van der Waals surface area contributed by atoms with Crippen LogP contribution in [0.1, 0.15) is 79.6 Å². The highest BCUT2D eigenvalue weighted by atomic mass is 19.1. The fourth-order valence-electron chi connectivity index (χ4n) is 7.42. The van der Waals surface area contributed by atoms with E-state index in [0.29, 0.717) is 72.8 Å². The van der Waals surface area contributed by atoms with Crippen LogP contribution in [-0.2, 0) is 11.2 Å². The van der Waals surface area contributed by atoms with Gasteiger partial charge in [-0.3, -0.25) is 19.0 Å². The van der Waals surface area contributed by atoms with Crippen molar-refractivity contribution in [1.29, 1.82) is 0 Å². The number of carbonyl (C=O) groups excluding carboxylic acids is 3. The van der Waals surface area contributed by atoms with Gasteiger partial charge >= 0.3 is 0 Å². The van der Waals surface area contributed by atoms with Crippen molar-refractivity contribution in [1.82, 2.24) is 14.8 Å². The summed E-state index contributed by atoms with van der Waals surface area (Å²) in [6, 6.07) is 7.21. The van der Waals surface area contributed by atoms with Gasteiger partial charge in [0.2, 0.25) is 11.8 Å².